The Hall–Kier alpha value is 0.300. The fourth-order valence-electron chi connectivity index (χ4n) is 1.93. The highest BCUT2D eigenvalue weighted by molar-refractivity contribution is 9.09. The van der Waals surface area contributed by atoms with Crippen molar-refractivity contribution < 1.29 is 13.5 Å². The molecule has 0 aromatic carbocycles. The normalized spacial score (nSPS) is 22.3. The summed E-state index contributed by atoms with van der Waals surface area (Å²) in [6.45, 7) is -0.425. The molecule has 84 valence electrons. The summed E-state index contributed by atoms with van der Waals surface area (Å²) >= 11 is 3.38. The summed E-state index contributed by atoms with van der Waals surface area (Å²) in [7, 11) is 0. The van der Waals surface area contributed by atoms with Gasteiger partial charge in [0.2, 0.25) is 0 Å². The van der Waals surface area contributed by atoms with Crippen molar-refractivity contribution in [3.63, 3.8) is 0 Å². The molecule has 0 heterocycles. The lowest BCUT2D eigenvalue weighted by molar-refractivity contribution is -0.0830. The number of halogens is 3. The second-order valence-electron chi connectivity index (χ2n) is 3.93. The van der Waals surface area contributed by atoms with Gasteiger partial charge in [0.25, 0.3) is 6.43 Å². The molecule has 0 unspecified atom stereocenters. The minimum absolute atomic E-state index is 0.326. The molecule has 0 aromatic rings. The maximum Gasteiger partial charge on any atom is 0.261 e. The van der Waals surface area contributed by atoms with Crippen molar-refractivity contribution in [3.8, 4) is 0 Å². The molecular formula is C10H17BrF2O. The SMILES string of the molecule is FC(F)COC1(CBr)CCCCCC1. The molecule has 0 bridgehead atoms. The third-order valence-electron chi connectivity index (χ3n) is 2.77. The van der Waals surface area contributed by atoms with Gasteiger partial charge in [-0.3, -0.25) is 0 Å². The second kappa shape index (κ2) is 6.01. The number of alkyl halides is 3. The predicted octanol–water partition coefficient (Wildman–Crippen LogP) is 3.76. The first kappa shape index (κ1) is 12.4. The average Bonchev–Trinajstić information content (AvgIpc) is 2.41. The van der Waals surface area contributed by atoms with Gasteiger partial charge in [-0.1, -0.05) is 41.6 Å². The molecule has 1 aliphatic rings. The van der Waals surface area contributed by atoms with E-state index in [1.165, 1.54) is 12.8 Å². The smallest absolute Gasteiger partial charge is 0.261 e. The first-order valence-corrected chi connectivity index (χ1v) is 6.29. The molecule has 1 aliphatic carbocycles. The van der Waals surface area contributed by atoms with Crippen LogP contribution in [0, 0.1) is 0 Å². The Bertz CT molecular complexity index is 156. The molecule has 0 N–H and O–H groups in total. The molecule has 0 radical (unpaired) electrons. The highest BCUT2D eigenvalue weighted by atomic mass is 79.9. The minimum Gasteiger partial charge on any atom is -0.368 e. The van der Waals surface area contributed by atoms with E-state index >= 15 is 0 Å². The van der Waals surface area contributed by atoms with E-state index in [2.05, 4.69) is 15.9 Å². The predicted molar refractivity (Wildman–Crippen MR) is 56.2 cm³/mol. The van der Waals surface area contributed by atoms with Crippen molar-refractivity contribution in [2.24, 2.45) is 0 Å². The van der Waals surface area contributed by atoms with Gasteiger partial charge >= 0.3 is 0 Å². The zero-order valence-corrected chi connectivity index (χ0v) is 9.86. The molecule has 0 spiro atoms. The highest BCUT2D eigenvalue weighted by Crippen LogP contribution is 2.32. The van der Waals surface area contributed by atoms with Gasteiger partial charge in [-0.2, -0.15) is 0 Å². The number of ether oxygens (including phenoxy) is 1. The molecule has 0 saturated heterocycles. The van der Waals surface area contributed by atoms with Crippen LogP contribution in [0.5, 0.6) is 0 Å². The van der Waals surface area contributed by atoms with E-state index in [0.717, 1.165) is 25.7 Å². The number of hydrogen-bond acceptors (Lipinski definition) is 1. The Labute approximate surface area is 92.3 Å². The van der Waals surface area contributed by atoms with Gasteiger partial charge in [0.1, 0.15) is 6.61 Å². The van der Waals surface area contributed by atoms with Crippen LogP contribution in [-0.4, -0.2) is 24.0 Å². The fraction of sp³-hybridized carbons (Fsp3) is 1.00. The summed E-state index contributed by atoms with van der Waals surface area (Å²) in [5.41, 5.74) is -0.326. The molecule has 1 rings (SSSR count). The van der Waals surface area contributed by atoms with Gasteiger partial charge in [0.15, 0.2) is 0 Å². The summed E-state index contributed by atoms with van der Waals surface area (Å²) in [5, 5.41) is 0.673. The van der Waals surface area contributed by atoms with Crippen molar-refractivity contribution in [2.75, 3.05) is 11.9 Å². The highest BCUT2D eigenvalue weighted by Gasteiger charge is 2.31. The maximum atomic E-state index is 12.1. The van der Waals surface area contributed by atoms with Crippen molar-refractivity contribution >= 4 is 15.9 Å². The van der Waals surface area contributed by atoms with Gasteiger partial charge in [-0.05, 0) is 12.8 Å². The third kappa shape index (κ3) is 3.81. The molecule has 0 amide bonds. The van der Waals surface area contributed by atoms with Gasteiger partial charge < -0.3 is 4.74 Å². The van der Waals surface area contributed by atoms with Crippen molar-refractivity contribution in [2.45, 2.75) is 50.6 Å². The molecule has 1 saturated carbocycles. The van der Waals surface area contributed by atoms with Crippen molar-refractivity contribution in [1.29, 1.82) is 0 Å². The van der Waals surface area contributed by atoms with Gasteiger partial charge in [-0.25, -0.2) is 8.78 Å². The van der Waals surface area contributed by atoms with Crippen LogP contribution in [0.3, 0.4) is 0 Å². The van der Waals surface area contributed by atoms with Crippen LogP contribution in [0.2, 0.25) is 0 Å². The van der Waals surface area contributed by atoms with Gasteiger partial charge in [0, 0.05) is 5.33 Å². The summed E-state index contributed by atoms with van der Waals surface area (Å²) in [5.74, 6) is 0. The third-order valence-corrected chi connectivity index (χ3v) is 3.80. The Morgan fingerprint density at radius 3 is 2.14 bits per heavy atom. The second-order valence-corrected chi connectivity index (χ2v) is 4.49. The zero-order chi connectivity index (χ0) is 10.4. The summed E-state index contributed by atoms with van der Waals surface area (Å²) in [6, 6.07) is 0. The van der Waals surface area contributed by atoms with Crippen LogP contribution in [0.1, 0.15) is 38.5 Å². The van der Waals surface area contributed by atoms with E-state index in [-0.39, 0.29) is 5.60 Å². The van der Waals surface area contributed by atoms with Crippen LogP contribution in [-0.2, 0) is 4.74 Å². The van der Waals surface area contributed by atoms with E-state index < -0.39 is 13.0 Å². The van der Waals surface area contributed by atoms with Crippen molar-refractivity contribution in [1.82, 2.24) is 0 Å². The van der Waals surface area contributed by atoms with E-state index in [1.807, 2.05) is 0 Å². The van der Waals surface area contributed by atoms with Crippen LogP contribution >= 0.6 is 15.9 Å². The lowest BCUT2D eigenvalue weighted by Crippen LogP contribution is -2.35. The summed E-state index contributed by atoms with van der Waals surface area (Å²) in [4.78, 5) is 0. The monoisotopic (exact) mass is 270 g/mol. The first-order chi connectivity index (χ1) is 6.68. The molecule has 1 fully saturated rings. The standard InChI is InChI=1S/C10H17BrF2O/c11-8-10(14-7-9(12)13)5-3-1-2-4-6-10/h9H,1-8H2. The van der Waals surface area contributed by atoms with E-state index in [0.29, 0.717) is 5.33 Å². The fourth-order valence-corrected chi connectivity index (χ4v) is 2.65. The van der Waals surface area contributed by atoms with Crippen LogP contribution in [0.4, 0.5) is 8.78 Å². The minimum atomic E-state index is -2.35. The molecule has 0 atom stereocenters. The number of rotatable bonds is 4. The average molecular weight is 271 g/mol. The van der Waals surface area contributed by atoms with E-state index in [4.69, 9.17) is 4.74 Å². The van der Waals surface area contributed by atoms with E-state index in [1.54, 1.807) is 0 Å². The lowest BCUT2D eigenvalue weighted by Gasteiger charge is -2.30. The Morgan fingerprint density at radius 2 is 1.71 bits per heavy atom. The first-order valence-electron chi connectivity index (χ1n) is 5.17. The largest absolute Gasteiger partial charge is 0.368 e. The maximum absolute atomic E-state index is 12.1. The number of hydrogen-bond donors (Lipinski definition) is 0. The topological polar surface area (TPSA) is 9.23 Å². The quantitative estimate of drug-likeness (QED) is 0.559. The van der Waals surface area contributed by atoms with Crippen LogP contribution in [0.15, 0.2) is 0 Å². The summed E-state index contributed by atoms with van der Waals surface area (Å²) < 4.78 is 29.5. The van der Waals surface area contributed by atoms with E-state index in [9.17, 15) is 8.78 Å². The molecule has 0 aromatic heterocycles. The molecule has 14 heavy (non-hydrogen) atoms. The van der Waals surface area contributed by atoms with Gasteiger partial charge in [-0.15, -0.1) is 0 Å². The van der Waals surface area contributed by atoms with Gasteiger partial charge in [0.05, 0.1) is 5.60 Å². The Balaban J connectivity index is 2.45. The zero-order valence-electron chi connectivity index (χ0n) is 8.28. The molecular weight excluding hydrogens is 254 g/mol. The Kier molecular flexibility index (Phi) is 5.31. The molecule has 4 heteroatoms. The molecule has 1 nitrogen and oxygen atoms in total. The van der Waals surface area contributed by atoms with Crippen LogP contribution < -0.4 is 0 Å². The van der Waals surface area contributed by atoms with Crippen molar-refractivity contribution in [3.05, 3.63) is 0 Å². The van der Waals surface area contributed by atoms with Crippen LogP contribution in [0.25, 0.3) is 0 Å². The summed E-state index contributed by atoms with van der Waals surface area (Å²) in [6.07, 6.45) is 4.05. The molecule has 0 aliphatic heterocycles. The lowest BCUT2D eigenvalue weighted by atomic mass is 9.97. The Morgan fingerprint density at radius 1 is 1.14 bits per heavy atom.